The molecular formula is C23H25N5O2. The predicted molar refractivity (Wildman–Crippen MR) is 115 cm³/mol. The minimum Gasteiger partial charge on any atom is -0.457 e. The van der Waals surface area contributed by atoms with E-state index < -0.39 is 0 Å². The lowest BCUT2D eigenvalue weighted by molar-refractivity contribution is 0.0382. The van der Waals surface area contributed by atoms with Crippen molar-refractivity contribution in [2.45, 2.75) is 25.5 Å². The Labute approximate surface area is 175 Å². The van der Waals surface area contributed by atoms with Crippen LogP contribution in [0.25, 0.3) is 22.3 Å². The summed E-state index contributed by atoms with van der Waals surface area (Å²) in [5.74, 6) is 2.55. The lowest BCUT2D eigenvalue weighted by Gasteiger charge is -2.30. The van der Waals surface area contributed by atoms with Gasteiger partial charge in [-0.3, -0.25) is 10.00 Å². The fourth-order valence-corrected chi connectivity index (χ4v) is 3.95. The second-order valence-corrected chi connectivity index (χ2v) is 7.67. The van der Waals surface area contributed by atoms with Crippen LogP contribution in [0.1, 0.15) is 18.7 Å². The van der Waals surface area contributed by atoms with Gasteiger partial charge in [0.2, 0.25) is 0 Å². The molecule has 1 aliphatic rings. The topological polar surface area (TPSA) is 79.1 Å². The summed E-state index contributed by atoms with van der Waals surface area (Å²) in [4.78, 5) is 10.6. The van der Waals surface area contributed by atoms with Crippen molar-refractivity contribution in [2.75, 3.05) is 20.2 Å². The molecule has 1 aliphatic heterocycles. The van der Waals surface area contributed by atoms with Crippen LogP contribution in [0.4, 0.5) is 0 Å². The molecule has 154 valence electrons. The molecule has 0 unspecified atom stereocenters. The Hall–Kier alpha value is -3.16. The maximum Gasteiger partial charge on any atom is 0.129 e. The normalized spacial score (nSPS) is 15.6. The van der Waals surface area contributed by atoms with E-state index in [-0.39, 0.29) is 0 Å². The van der Waals surface area contributed by atoms with Gasteiger partial charge in [0.25, 0.3) is 0 Å². The second kappa shape index (κ2) is 8.30. The Morgan fingerprint density at radius 1 is 1.03 bits per heavy atom. The van der Waals surface area contributed by atoms with E-state index in [1.54, 1.807) is 13.3 Å². The molecule has 3 heterocycles. The number of aromatic nitrogens is 4. The van der Waals surface area contributed by atoms with Crippen LogP contribution in [0, 0.1) is 0 Å². The highest BCUT2D eigenvalue weighted by Crippen LogP contribution is 2.27. The molecule has 7 nitrogen and oxygen atoms in total. The zero-order chi connectivity index (χ0) is 20.3. The SMILES string of the molecule is COC1CCN(Cc2nc3cc(Oc4ccc(-c5ccn[nH]5)cc4)ccc3[nH]2)CC1. The van der Waals surface area contributed by atoms with Crippen LogP contribution in [0.2, 0.25) is 0 Å². The van der Waals surface area contributed by atoms with Crippen molar-refractivity contribution >= 4 is 11.0 Å². The van der Waals surface area contributed by atoms with E-state index >= 15 is 0 Å². The van der Waals surface area contributed by atoms with Gasteiger partial charge in [-0.25, -0.2) is 4.98 Å². The fourth-order valence-electron chi connectivity index (χ4n) is 3.95. The molecule has 2 N–H and O–H groups in total. The second-order valence-electron chi connectivity index (χ2n) is 7.67. The van der Waals surface area contributed by atoms with Crippen molar-refractivity contribution in [3.8, 4) is 22.8 Å². The molecule has 0 aliphatic carbocycles. The molecule has 2 aromatic heterocycles. The van der Waals surface area contributed by atoms with Crippen molar-refractivity contribution in [3.05, 3.63) is 60.6 Å². The molecule has 0 spiro atoms. The molecule has 1 fully saturated rings. The maximum atomic E-state index is 6.04. The van der Waals surface area contributed by atoms with Crippen molar-refractivity contribution in [1.29, 1.82) is 0 Å². The highest BCUT2D eigenvalue weighted by Gasteiger charge is 2.19. The third-order valence-corrected chi connectivity index (χ3v) is 5.65. The van der Waals surface area contributed by atoms with Crippen LogP contribution in [-0.4, -0.2) is 51.4 Å². The first-order valence-corrected chi connectivity index (χ1v) is 10.3. The summed E-state index contributed by atoms with van der Waals surface area (Å²) >= 11 is 0. The first-order valence-electron chi connectivity index (χ1n) is 10.3. The summed E-state index contributed by atoms with van der Waals surface area (Å²) in [6.07, 6.45) is 4.29. The number of benzene rings is 2. The van der Waals surface area contributed by atoms with Gasteiger partial charge in [-0.2, -0.15) is 5.10 Å². The van der Waals surface area contributed by atoms with Gasteiger partial charge < -0.3 is 14.5 Å². The van der Waals surface area contributed by atoms with Crippen LogP contribution in [-0.2, 0) is 11.3 Å². The number of fused-ring (bicyclic) bond motifs is 1. The molecule has 4 aromatic rings. The number of likely N-dealkylation sites (tertiary alicyclic amines) is 1. The molecule has 30 heavy (non-hydrogen) atoms. The summed E-state index contributed by atoms with van der Waals surface area (Å²) in [7, 11) is 1.80. The fraction of sp³-hybridized carbons (Fsp3) is 0.304. The number of H-pyrrole nitrogens is 2. The van der Waals surface area contributed by atoms with E-state index in [4.69, 9.17) is 14.5 Å². The summed E-state index contributed by atoms with van der Waals surface area (Å²) in [5, 5.41) is 6.96. The van der Waals surface area contributed by atoms with Gasteiger partial charge in [-0.05, 0) is 60.9 Å². The van der Waals surface area contributed by atoms with Gasteiger partial charge >= 0.3 is 0 Å². The third kappa shape index (κ3) is 4.08. The van der Waals surface area contributed by atoms with E-state index in [0.717, 1.165) is 72.1 Å². The van der Waals surface area contributed by atoms with Crippen LogP contribution in [0.3, 0.4) is 0 Å². The van der Waals surface area contributed by atoms with Gasteiger partial charge in [-0.1, -0.05) is 0 Å². The van der Waals surface area contributed by atoms with E-state index in [1.165, 1.54) is 0 Å². The quantitative estimate of drug-likeness (QED) is 0.500. The molecule has 0 amide bonds. The molecule has 2 aromatic carbocycles. The number of nitrogens with one attached hydrogen (secondary N) is 2. The average Bonchev–Trinajstić information content (AvgIpc) is 3.44. The van der Waals surface area contributed by atoms with E-state index in [9.17, 15) is 0 Å². The van der Waals surface area contributed by atoms with Crippen molar-refractivity contribution in [1.82, 2.24) is 25.1 Å². The van der Waals surface area contributed by atoms with E-state index in [2.05, 4.69) is 20.1 Å². The summed E-state index contributed by atoms with van der Waals surface area (Å²) < 4.78 is 11.5. The molecule has 5 rings (SSSR count). The minimum absolute atomic E-state index is 0.394. The third-order valence-electron chi connectivity index (χ3n) is 5.65. The summed E-state index contributed by atoms with van der Waals surface area (Å²) in [5.41, 5.74) is 4.00. The molecule has 7 heteroatoms. The average molecular weight is 403 g/mol. The number of hydrogen-bond donors (Lipinski definition) is 2. The summed E-state index contributed by atoms with van der Waals surface area (Å²) in [6, 6.07) is 15.9. The maximum absolute atomic E-state index is 6.04. The summed E-state index contributed by atoms with van der Waals surface area (Å²) in [6.45, 7) is 2.91. The van der Waals surface area contributed by atoms with Gasteiger partial charge in [0.05, 0.1) is 29.4 Å². The standard InChI is InChI=1S/C23H25N5O2/c1-29-17-9-12-28(13-10-17)15-23-25-21-7-6-19(14-22(21)26-23)30-18-4-2-16(3-5-18)20-8-11-24-27-20/h2-8,11,14,17H,9-10,12-13,15H2,1H3,(H,24,27)(H,25,26). The number of aromatic amines is 2. The van der Waals surface area contributed by atoms with E-state index in [1.807, 2.05) is 48.5 Å². The van der Waals surface area contributed by atoms with Gasteiger partial charge in [-0.15, -0.1) is 0 Å². The number of ether oxygens (including phenoxy) is 2. The zero-order valence-electron chi connectivity index (χ0n) is 17.0. The van der Waals surface area contributed by atoms with Crippen LogP contribution in [0.5, 0.6) is 11.5 Å². The molecule has 0 bridgehead atoms. The number of imidazole rings is 1. The first-order chi connectivity index (χ1) is 14.8. The lowest BCUT2D eigenvalue weighted by Crippen LogP contribution is -2.36. The van der Waals surface area contributed by atoms with Crippen LogP contribution in [0.15, 0.2) is 54.7 Å². The molecule has 0 radical (unpaired) electrons. The first kappa shape index (κ1) is 18.8. The Kier molecular flexibility index (Phi) is 5.21. The molecule has 0 saturated carbocycles. The Morgan fingerprint density at radius 2 is 1.83 bits per heavy atom. The van der Waals surface area contributed by atoms with Crippen LogP contribution < -0.4 is 4.74 Å². The Bertz CT molecular complexity index is 1100. The van der Waals surface area contributed by atoms with Crippen molar-refractivity contribution in [2.24, 2.45) is 0 Å². The largest absolute Gasteiger partial charge is 0.457 e. The monoisotopic (exact) mass is 403 g/mol. The van der Waals surface area contributed by atoms with Gasteiger partial charge in [0, 0.05) is 32.5 Å². The number of rotatable bonds is 6. The Morgan fingerprint density at radius 3 is 2.57 bits per heavy atom. The minimum atomic E-state index is 0.394. The van der Waals surface area contributed by atoms with Crippen molar-refractivity contribution < 1.29 is 9.47 Å². The number of piperidine rings is 1. The molecular weight excluding hydrogens is 378 g/mol. The predicted octanol–water partition coefficient (Wildman–Crippen LogP) is 4.36. The highest BCUT2D eigenvalue weighted by atomic mass is 16.5. The Balaban J connectivity index is 1.26. The van der Waals surface area contributed by atoms with Crippen molar-refractivity contribution in [3.63, 3.8) is 0 Å². The van der Waals surface area contributed by atoms with Crippen LogP contribution >= 0.6 is 0 Å². The smallest absolute Gasteiger partial charge is 0.129 e. The van der Waals surface area contributed by atoms with E-state index in [0.29, 0.717) is 6.10 Å². The van der Waals surface area contributed by atoms with Gasteiger partial charge in [0.15, 0.2) is 0 Å². The number of hydrogen-bond acceptors (Lipinski definition) is 5. The number of nitrogens with zero attached hydrogens (tertiary/aromatic N) is 3. The zero-order valence-corrected chi connectivity index (χ0v) is 17.0. The lowest BCUT2D eigenvalue weighted by atomic mass is 10.1. The molecule has 0 atom stereocenters. The highest BCUT2D eigenvalue weighted by molar-refractivity contribution is 5.77. The number of methoxy groups -OCH3 is 1. The van der Waals surface area contributed by atoms with Gasteiger partial charge in [0.1, 0.15) is 17.3 Å². The molecule has 1 saturated heterocycles.